The minimum absolute atomic E-state index is 0.0717. The lowest BCUT2D eigenvalue weighted by Crippen LogP contribution is -2.59. The third-order valence-electron chi connectivity index (χ3n) is 10.8. The van der Waals surface area contributed by atoms with Gasteiger partial charge in [-0.3, -0.25) is 28.8 Å². The van der Waals surface area contributed by atoms with Crippen LogP contribution in [0.2, 0.25) is 0 Å². The number of phenolic OH excluding ortho intramolecular Hbond substituents is 2. The van der Waals surface area contributed by atoms with E-state index >= 15 is 0 Å². The second-order valence-electron chi connectivity index (χ2n) is 16.8. The van der Waals surface area contributed by atoms with Gasteiger partial charge in [-0.25, -0.2) is 0 Å². The number of hydrogen-bond acceptors (Lipinski definition) is 9. The van der Waals surface area contributed by atoms with Crippen LogP contribution in [0.1, 0.15) is 130 Å². The van der Waals surface area contributed by atoms with E-state index in [0.717, 1.165) is 0 Å². The van der Waals surface area contributed by atoms with Gasteiger partial charge >= 0.3 is 0 Å². The maximum Gasteiger partial charge on any atom is 0.175 e. The fourth-order valence-corrected chi connectivity index (χ4v) is 8.22. The number of ether oxygens (including phenoxy) is 1. The van der Waals surface area contributed by atoms with Crippen molar-refractivity contribution in [2.24, 2.45) is 45.3 Å². The molecule has 2 atom stereocenters. The first-order valence-electron chi connectivity index (χ1n) is 16.5. The van der Waals surface area contributed by atoms with Crippen LogP contribution in [0.25, 0.3) is 0 Å². The first-order valence-corrected chi connectivity index (χ1v) is 16.5. The molecular formula is C38H50O9. The number of allylic oxidation sites excluding steroid dienone is 2. The molecule has 0 spiro atoms. The molecule has 1 fully saturated rings. The van der Waals surface area contributed by atoms with Gasteiger partial charge in [0.2, 0.25) is 0 Å². The number of hydrogen-bond donors (Lipinski definition) is 2. The van der Waals surface area contributed by atoms with Crippen LogP contribution >= 0.6 is 0 Å². The van der Waals surface area contributed by atoms with Gasteiger partial charge in [-0.15, -0.1) is 0 Å². The van der Waals surface area contributed by atoms with E-state index in [0.29, 0.717) is 0 Å². The van der Waals surface area contributed by atoms with Crippen molar-refractivity contribution in [1.82, 2.24) is 0 Å². The zero-order chi connectivity index (χ0) is 36.3. The number of ketones is 6. The van der Waals surface area contributed by atoms with Crippen molar-refractivity contribution in [3.8, 4) is 17.2 Å². The van der Waals surface area contributed by atoms with Crippen LogP contribution in [0.4, 0.5) is 0 Å². The molecule has 3 aliphatic rings. The number of Topliss-reactive ketones (excluding diaryl/α,β-unsaturated/α-hetero) is 6. The van der Waals surface area contributed by atoms with Gasteiger partial charge in [-0.1, -0.05) is 41.5 Å². The minimum Gasteiger partial charge on any atom is -0.507 e. The number of carbonyl (C=O) groups excluding carboxylic acids is 6. The highest BCUT2D eigenvalue weighted by atomic mass is 16.5. The highest BCUT2D eigenvalue weighted by Crippen LogP contribution is 2.61. The summed E-state index contributed by atoms with van der Waals surface area (Å²) in [4.78, 5) is 83.4. The van der Waals surface area contributed by atoms with Crippen molar-refractivity contribution in [2.45, 2.75) is 109 Å². The fourth-order valence-electron chi connectivity index (χ4n) is 8.22. The Morgan fingerprint density at radius 2 is 1.15 bits per heavy atom. The van der Waals surface area contributed by atoms with Gasteiger partial charge in [-0.2, -0.15) is 0 Å². The SMILES string of the molecule is CC(C)C(=O)c1c(O)c([C@H](C(C)C)C2C(=O)C(C)(C)C(=O)C(C)(C)C2=O)c(O)c2c1OC1=C(C(=O)C(C)(C)C(=O)C1(C)C)[C@H]2C(C)C. The second-order valence-corrected chi connectivity index (χ2v) is 16.8. The van der Waals surface area contributed by atoms with Gasteiger partial charge in [0.05, 0.1) is 27.6 Å². The van der Waals surface area contributed by atoms with Crippen molar-refractivity contribution in [2.75, 3.05) is 0 Å². The van der Waals surface area contributed by atoms with Crippen LogP contribution < -0.4 is 4.74 Å². The molecule has 2 aliphatic carbocycles. The lowest BCUT2D eigenvalue weighted by molar-refractivity contribution is -0.161. The predicted octanol–water partition coefficient (Wildman–Crippen LogP) is 6.66. The van der Waals surface area contributed by atoms with Crippen LogP contribution in [-0.2, 0) is 24.0 Å². The average molecular weight is 651 g/mol. The number of phenols is 2. The molecule has 256 valence electrons. The Hall–Kier alpha value is -3.62. The van der Waals surface area contributed by atoms with E-state index in [4.69, 9.17) is 4.74 Å². The second kappa shape index (κ2) is 11.0. The van der Waals surface area contributed by atoms with Gasteiger partial charge in [0, 0.05) is 34.5 Å². The molecule has 0 amide bonds. The monoisotopic (exact) mass is 650 g/mol. The number of carbonyl (C=O) groups is 6. The maximum absolute atomic E-state index is 14.2. The molecule has 1 aliphatic heterocycles. The Balaban J connectivity index is 2.19. The topological polar surface area (TPSA) is 152 Å². The van der Waals surface area contributed by atoms with E-state index < -0.39 is 91.7 Å². The van der Waals surface area contributed by atoms with Gasteiger partial charge in [0.15, 0.2) is 34.7 Å². The van der Waals surface area contributed by atoms with Crippen molar-refractivity contribution in [1.29, 1.82) is 0 Å². The van der Waals surface area contributed by atoms with E-state index in [1.54, 1.807) is 55.4 Å². The number of rotatable bonds is 6. The summed E-state index contributed by atoms with van der Waals surface area (Å²) in [7, 11) is 0. The predicted molar refractivity (Wildman–Crippen MR) is 175 cm³/mol. The van der Waals surface area contributed by atoms with Crippen molar-refractivity contribution >= 4 is 34.7 Å². The zero-order valence-corrected chi connectivity index (χ0v) is 30.2. The first-order chi connectivity index (χ1) is 21.2. The first kappa shape index (κ1) is 36.2. The Bertz CT molecular complexity index is 1650. The summed E-state index contributed by atoms with van der Waals surface area (Å²) in [5, 5.41) is 24.5. The Labute approximate surface area is 277 Å². The molecule has 1 saturated carbocycles. The summed E-state index contributed by atoms with van der Waals surface area (Å²) in [6.45, 7) is 22.8. The minimum atomic E-state index is -1.53. The normalized spacial score (nSPS) is 24.1. The molecule has 9 nitrogen and oxygen atoms in total. The largest absolute Gasteiger partial charge is 0.507 e. The van der Waals surface area contributed by atoms with E-state index in [-0.39, 0.29) is 45.5 Å². The van der Waals surface area contributed by atoms with Crippen molar-refractivity contribution < 1.29 is 43.7 Å². The number of aromatic hydroxyl groups is 2. The zero-order valence-electron chi connectivity index (χ0n) is 30.2. The lowest BCUT2D eigenvalue weighted by atomic mass is 9.54. The van der Waals surface area contributed by atoms with Crippen LogP contribution in [0.5, 0.6) is 17.2 Å². The molecular weight excluding hydrogens is 600 g/mol. The molecule has 0 aromatic heterocycles. The van der Waals surface area contributed by atoms with Crippen LogP contribution in [0.15, 0.2) is 11.3 Å². The lowest BCUT2D eigenvalue weighted by Gasteiger charge is -2.47. The fraction of sp³-hybridized carbons (Fsp3) is 0.632. The highest BCUT2D eigenvalue weighted by Gasteiger charge is 2.62. The summed E-state index contributed by atoms with van der Waals surface area (Å²) in [6.07, 6.45) is 0. The quantitative estimate of drug-likeness (QED) is 0.254. The standard InChI is InChI=1S/C38H50O9/c1-15(2)18(22-29(42)35(7,8)33(45)36(9,10)30(22)43)20-26(40)21-19(16(3)4)23-31(44)37(11,12)34(46)38(13,14)32(23)47-28(21)24(27(20)41)25(39)17(5)6/h15-19,22,40-41H,1-14H3/t18-,19-/m0/s1. The van der Waals surface area contributed by atoms with Crippen LogP contribution in [-0.4, -0.2) is 44.9 Å². The van der Waals surface area contributed by atoms with Crippen LogP contribution in [0, 0.1) is 45.3 Å². The summed E-state index contributed by atoms with van der Waals surface area (Å²) < 4.78 is 6.41. The molecule has 2 N–H and O–H groups in total. The number of benzene rings is 1. The van der Waals surface area contributed by atoms with E-state index in [9.17, 15) is 39.0 Å². The summed E-state index contributed by atoms with van der Waals surface area (Å²) in [5.41, 5.74) is -5.91. The van der Waals surface area contributed by atoms with Crippen molar-refractivity contribution in [3.05, 3.63) is 28.0 Å². The molecule has 0 unspecified atom stereocenters. The maximum atomic E-state index is 14.2. The third-order valence-corrected chi connectivity index (χ3v) is 10.8. The molecule has 4 rings (SSSR count). The molecule has 9 heteroatoms. The molecule has 47 heavy (non-hydrogen) atoms. The van der Waals surface area contributed by atoms with Crippen LogP contribution in [0.3, 0.4) is 0 Å². The Kier molecular flexibility index (Phi) is 8.44. The highest BCUT2D eigenvalue weighted by molar-refractivity contribution is 6.28. The molecule has 1 aromatic rings. The molecule has 1 aromatic carbocycles. The molecule has 1 heterocycles. The Morgan fingerprint density at radius 1 is 0.681 bits per heavy atom. The number of fused-ring (bicyclic) bond motifs is 1. The molecule has 0 bridgehead atoms. The average Bonchev–Trinajstić information content (AvgIpc) is 2.96. The molecule has 0 saturated heterocycles. The van der Waals surface area contributed by atoms with Gasteiger partial charge in [0.25, 0.3) is 0 Å². The van der Waals surface area contributed by atoms with Crippen molar-refractivity contribution in [3.63, 3.8) is 0 Å². The summed E-state index contributed by atoms with van der Waals surface area (Å²) in [6, 6.07) is 0. The smallest absolute Gasteiger partial charge is 0.175 e. The van der Waals surface area contributed by atoms with E-state index in [1.807, 2.05) is 13.8 Å². The third kappa shape index (κ3) is 4.77. The van der Waals surface area contributed by atoms with Gasteiger partial charge < -0.3 is 14.9 Å². The van der Waals surface area contributed by atoms with E-state index in [2.05, 4.69) is 0 Å². The summed E-state index contributed by atoms with van der Waals surface area (Å²) in [5.74, 6) is -9.38. The Morgan fingerprint density at radius 3 is 1.57 bits per heavy atom. The van der Waals surface area contributed by atoms with E-state index in [1.165, 1.54) is 27.7 Å². The van der Waals surface area contributed by atoms with Gasteiger partial charge in [0.1, 0.15) is 28.6 Å². The molecule has 0 radical (unpaired) electrons. The summed E-state index contributed by atoms with van der Waals surface area (Å²) >= 11 is 0. The van der Waals surface area contributed by atoms with Gasteiger partial charge in [-0.05, 0) is 67.2 Å².